The van der Waals surface area contributed by atoms with Crippen LogP contribution in [0.2, 0.25) is 0 Å². The largest absolute Gasteiger partial charge is 0.354 e. The Bertz CT molecular complexity index is 757. The number of carbonyl (C=O) groups excluding carboxylic acids is 3. The summed E-state index contributed by atoms with van der Waals surface area (Å²) < 4.78 is 0. The maximum atomic E-state index is 12.5. The summed E-state index contributed by atoms with van der Waals surface area (Å²) in [5.74, 6) is 0.375. The maximum Gasteiger partial charge on any atom is 0.234 e. The molecule has 30 heavy (non-hydrogen) atoms. The zero-order valence-electron chi connectivity index (χ0n) is 18.2. The Labute approximate surface area is 179 Å². The van der Waals surface area contributed by atoms with Crippen molar-refractivity contribution in [3.05, 3.63) is 35.4 Å². The molecule has 7 nitrogen and oxygen atoms in total. The minimum Gasteiger partial charge on any atom is -0.354 e. The second-order valence-corrected chi connectivity index (χ2v) is 8.68. The van der Waals surface area contributed by atoms with Crippen LogP contribution < -0.4 is 10.6 Å². The van der Waals surface area contributed by atoms with E-state index in [1.807, 2.05) is 43.0 Å². The smallest absolute Gasteiger partial charge is 0.234 e. The van der Waals surface area contributed by atoms with Gasteiger partial charge < -0.3 is 15.5 Å². The lowest BCUT2D eigenvalue weighted by molar-refractivity contribution is -0.129. The standard InChI is InChI=1S/C23H34N4O3/c1-17(2)25-23(30)18-9-12-26(13-10-18)16-21(28)24-14-19-6-3-4-7-20(19)15-27-11-5-8-22(27)29/h3-4,6-7,17-18H,5,8-16H2,1-2H3,(H,24,28)(H,25,30). The Morgan fingerprint density at radius 2 is 1.80 bits per heavy atom. The molecule has 164 valence electrons. The number of benzene rings is 1. The zero-order valence-corrected chi connectivity index (χ0v) is 18.2. The normalized spacial score (nSPS) is 18.1. The molecule has 1 aromatic rings. The molecule has 2 aliphatic heterocycles. The van der Waals surface area contributed by atoms with Crippen molar-refractivity contribution >= 4 is 17.7 Å². The highest BCUT2D eigenvalue weighted by molar-refractivity contribution is 5.80. The predicted octanol–water partition coefficient (Wildman–Crippen LogP) is 1.66. The van der Waals surface area contributed by atoms with Gasteiger partial charge in [-0.1, -0.05) is 24.3 Å². The number of nitrogens with zero attached hydrogens (tertiary/aromatic N) is 2. The van der Waals surface area contributed by atoms with Gasteiger partial charge in [0.2, 0.25) is 17.7 Å². The molecule has 0 aliphatic carbocycles. The van der Waals surface area contributed by atoms with Crippen LogP contribution in [-0.2, 0) is 27.5 Å². The molecule has 0 bridgehead atoms. The Hall–Kier alpha value is -2.41. The molecule has 2 fully saturated rings. The van der Waals surface area contributed by atoms with Crippen molar-refractivity contribution < 1.29 is 14.4 Å². The van der Waals surface area contributed by atoms with E-state index in [9.17, 15) is 14.4 Å². The van der Waals surface area contributed by atoms with Gasteiger partial charge in [-0.25, -0.2) is 0 Å². The fraction of sp³-hybridized carbons (Fsp3) is 0.609. The molecular weight excluding hydrogens is 380 g/mol. The van der Waals surface area contributed by atoms with Crippen LogP contribution in [0, 0.1) is 5.92 Å². The molecule has 3 amide bonds. The van der Waals surface area contributed by atoms with Crippen molar-refractivity contribution in [2.75, 3.05) is 26.2 Å². The predicted molar refractivity (Wildman–Crippen MR) is 115 cm³/mol. The molecule has 2 N–H and O–H groups in total. The van der Waals surface area contributed by atoms with Crippen molar-refractivity contribution in [3.63, 3.8) is 0 Å². The highest BCUT2D eigenvalue weighted by Gasteiger charge is 2.26. The summed E-state index contributed by atoms with van der Waals surface area (Å²) in [6.07, 6.45) is 3.14. The van der Waals surface area contributed by atoms with Crippen LogP contribution in [-0.4, -0.2) is 59.7 Å². The van der Waals surface area contributed by atoms with E-state index in [0.29, 0.717) is 26.1 Å². The highest BCUT2D eigenvalue weighted by atomic mass is 16.2. The molecule has 0 saturated carbocycles. The van der Waals surface area contributed by atoms with E-state index in [-0.39, 0.29) is 29.7 Å². The lowest BCUT2D eigenvalue weighted by Gasteiger charge is -2.31. The summed E-state index contributed by atoms with van der Waals surface area (Å²) in [4.78, 5) is 40.5. The van der Waals surface area contributed by atoms with Gasteiger partial charge in [-0.15, -0.1) is 0 Å². The number of rotatable bonds is 8. The monoisotopic (exact) mass is 414 g/mol. The summed E-state index contributed by atoms with van der Waals surface area (Å²) in [5.41, 5.74) is 2.14. The van der Waals surface area contributed by atoms with E-state index in [4.69, 9.17) is 0 Å². The molecule has 1 aromatic carbocycles. The topological polar surface area (TPSA) is 81.8 Å². The highest BCUT2D eigenvalue weighted by Crippen LogP contribution is 2.18. The molecule has 2 heterocycles. The van der Waals surface area contributed by atoms with Crippen LogP contribution in [0.3, 0.4) is 0 Å². The van der Waals surface area contributed by atoms with Crippen molar-refractivity contribution in [2.24, 2.45) is 5.92 Å². The van der Waals surface area contributed by atoms with E-state index < -0.39 is 0 Å². The van der Waals surface area contributed by atoms with Crippen molar-refractivity contribution in [3.8, 4) is 0 Å². The first kappa shape index (κ1) is 22.3. The Balaban J connectivity index is 1.43. The third-order valence-corrected chi connectivity index (χ3v) is 5.88. The van der Waals surface area contributed by atoms with Crippen molar-refractivity contribution in [1.29, 1.82) is 0 Å². The number of nitrogens with one attached hydrogen (secondary N) is 2. The third kappa shape index (κ3) is 6.29. The van der Waals surface area contributed by atoms with Gasteiger partial charge in [0, 0.05) is 38.0 Å². The van der Waals surface area contributed by atoms with Crippen LogP contribution in [0.5, 0.6) is 0 Å². The van der Waals surface area contributed by atoms with Crippen LogP contribution in [0.4, 0.5) is 0 Å². The minimum atomic E-state index is -0.00728. The Kier molecular flexibility index (Phi) is 7.85. The van der Waals surface area contributed by atoms with Gasteiger partial charge in [-0.2, -0.15) is 0 Å². The molecule has 0 atom stereocenters. The number of likely N-dealkylation sites (tertiary alicyclic amines) is 2. The summed E-state index contributed by atoms with van der Waals surface area (Å²) >= 11 is 0. The van der Waals surface area contributed by atoms with E-state index >= 15 is 0 Å². The average molecular weight is 415 g/mol. The van der Waals surface area contributed by atoms with Crippen LogP contribution in [0.25, 0.3) is 0 Å². The molecule has 3 rings (SSSR count). The quantitative estimate of drug-likeness (QED) is 0.678. The molecular formula is C23H34N4O3. The van der Waals surface area contributed by atoms with E-state index in [2.05, 4.69) is 15.5 Å². The van der Waals surface area contributed by atoms with Gasteiger partial charge in [-0.3, -0.25) is 19.3 Å². The number of hydrogen-bond acceptors (Lipinski definition) is 4. The molecule has 0 aromatic heterocycles. The van der Waals surface area contributed by atoms with Crippen LogP contribution in [0.15, 0.2) is 24.3 Å². The minimum absolute atomic E-state index is 0.00728. The SMILES string of the molecule is CC(C)NC(=O)C1CCN(CC(=O)NCc2ccccc2CN2CCCC2=O)CC1. The summed E-state index contributed by atoms with van der Waals surface area (Å²) in [6.45, 7) is 7.70. The molecule has 2 saturated heterocycles. The first-order chi connectivity index (χ1) is 14.4. The van der Waals surface area contributed by atoms with Gasteiger partial charge >= 0.3 is 0 Å². The summed E-state index contributed by atoms with van der Waals surface area (Å²) in [6, 6.07) is 8.13. The number of hydrogen-bond donors (Lipinski definition) is 2. The molecule has 0 spiro atoms. The van der Waals surface area contributed by atoms with Gasteiger partial charge in [0.15, 0.2) is 0 Å². The lowest BCUT2D eigenvalue weighted by atomic mass is 9.95. The first-order valence-electron chi connectivity index (χ1n) is 11.1. The van der Waals surface area contributed by atoms with Crippen molar-refractivity contribution in [1.82, 2.24) is 20.4 Å². The summed E-state index contributed by atoms with van der Waals surface area (Å²) in [5, 5.41) is 6.00. The zero-order chi connectivity index (χ0) is 21.5. The second kappa shape index (κ2) is 10.6. The fourth-order valence-electron chi connectivity index (χ4n) is 4.17. The van der Waals surface area contributed by atoms with Crippen LogP contribution in [0.1, 0.15) is 50.7 Å². The first-order valence-corrected chi connectivity index (χ1v) is 11.1. The average Bonchev–Trinajstić information content (AvgIpc) is 3.12. The van der Waals surface area contributed by atoms with Crippen LogP contribution >= 0.6 is 0 Å². The molecule has 7 heteroatoms. The van der Waals surface area contributed by atoms with Gasteiger partial charge in [0.1, 0.15) is 0 Å². The van der Waals surface area contributed by atoms with Gasteiger partial charge in [0.25, 0.3) is 0 Å². The van der Waals surface area contributed by atoms with E-state index in [1.165, 1.54) is 0 Å². The maximum absolute atomic E-state index is 12.5. The lowest BCUT2D eigenvalue weighted by Crippen LogP contribution is -2.45. The van der Waals surface area contributed by atoms with E-state index in [0.717, 1.165) is 50.0 Å². The molecule has 0 radical (unpaired) electrons. The number of amides is 3. The number of piperidine rings is 1. The summed E-state index contributed by atoms with van der Waals surface area (Å²) in [7, 11) is 0. The third-order valence-electron chi connectivity index (χ3n) is 5.88. The van der Waals surface area contributed by atoms with E-state index in [1.54, 1.807) is 0 Å². The van der Waals surface area contributed by atoms with Gasteiger partial charge in [0.05, 0.1) is 6.54 Å². The Morgan fingerprint density at radius 3 is 2.43 bits per heavy atom. The number of carbonyl (C=O) groups is 3. The Morgan fingerprint density at radius 1 is 1.10 bits per heavy atom. The fourth-order valence-corrected chi connectivity index (χ4v) is 4.17. The van der Waals surface area contributed by atoms with Gasteiger partial charge in [-0.05, 0) is 57.3 Å². The second-order valence-electron chi connectivity index (χ2n) is 8.68. The molecule has 2 aliphatic rings. The molecule has 0 unspecified atom stereocenters. The van der Waals surface area contributed by atoms with Crippen molar-refractivity contribution in [2.45, 2.75) is 58.7 Å².